The molecule has 128 valence electrons. The van der Waals surface area contributed by atoms with Crippen molar-refractivity contribution < 1.29 is 21.9 Å². The minimum absolute atomic E-state index is 0. The zero-order valence-electron chi connectivity index (χ0n) is 13.8. The first-order valence-electron chi connectivity index (χ1n) is 7.74. The van der Waals surface area contributed by atoms with Crippen molar-refractivity contribution in [3.05, 3.63) is 113 Å². The molecule has 2 aliphatic rings. The van der Waals surface area contributed by atoms with Gasteiger partial charge in [-0.05, 0) is 76.0 Å². The van der Waals surface area contributed by atoms with Crippen LogP contribution in [0, 0.1) is 63.7 Å². The molecular weight excluding hydrogens is 368 g/mol. The number of nitrogens with zero attached hydrogens (tertiary/aromatic N) is 4. The minimum Gasteiger partial charge on any atom is -0.287 e. The normalized spacial score (nSPS) is 17.3. The zero-order valence-corrected chi connectivity index (χ0v) is 14.9. The average Bonchev–Trinajstić information content (AvgIpc) is 3.45. The molecule has 0 amide bonds. The number of ketones is 1. The number of Topliss-reactive ketones (excluding diaryl/α,β-unsaturated/α-hetero) is 1. The monoisotopic (exact) mass is 384 g/mol. The van der Waals surface area contributed by atoms with E-state index < -0.39 is 0 Å². The minimum atomic E-state index is -0.148. The smallest absolute Gasteiger partial charge is 0.287 e. The topological polar surface area (TPSA) is 60.7 Å². The molecule has 2 fully saturated rings. The Morgan fingerprint density at radius 1 is 0.962 bits per heavy atom. The van der Waals surface area contributed by atoms with Crippen LogP contribution in [0.25, 0.3) is 5.70 Å². The molecule has 10 radical (unpaired) electrons. The average molecular weight is 384 g/mol. The number of aromatic nitrogens is 4. The molecule has 2 heterocycles. The first-order chi connectivity index (χ1) is 12.3. The summed E-state index contributed by atoms with van der Waals surface area (Å²) in [7, 11) is 0. The van der Waals surface area contributed by atoms with Gasteiger partial charge in [0.15, 0.2) is 0 Å². The van der Waals surface area contributed by atoms with E-state index in [1.807, 2.05) is 57.8 Å². The van der Waals surface area contributed by atoms with E-state index in [9.17, 15) is 4.79 Å². The molecule has 0 atom stereocenters. The van der Waals surface area contributed by atoms with Crippen molar-refractivity contribution in [2.75, 3.05) is 0 Å². The fourth-order valence-electron chi connectivity index (χ4n) is 2.18. The molecule has 2 saturated carbocycles. The summed E-state index contributed by atoms with van der Waals surface area (Å²) >= 11 is 0. The summed E-state index contributed by atoms with van der Waals surface area (Å²) in [5.41, 5.74) is 0.947. The number of hydrogen-bond donors (Lipinski definition) is 0. The van der Waals surface area contributed by atoms with E-state index in [0.29, 0.717) is 11.3 Å². The molecule has 0 N–H and O–H groups in total. The number of rotatable bonds is 4. The standard InChI is InChI=1S/C15H11N4O.C5H5.Fe/c20-15(13-6-3-7-16-9-13)14(19-11-17-10-18-19)8-12-4-1-2-5-12;1-2-4-5-3-1;/h1-11H;1-5H;/q;;+2/b14-8-;;. The molecule has 2 aromatic rings. The summed E-state index contributed by atoms with van der Waals surface area (Å²) in [6.07, 6.45) is 25.5. The number of carbonyl (C=O) groups excluding carboxylic acids is 1. The van der Waals surface area contributed by atoms with Gasteiger partial charge in [-0.3, -0.25) is 9.78 Å². The van der Waals surface area contributed by atoms with Crippen molar-refractivity contribution in [1.29, 1.82) is 0 Å². The second-order valence-corrected chi connectivity index (χ2v) is 5.12. The van der Waals surface area contributed by atoms with Gasteiger partial charge in [-0.25, -0.2) is 9.67 Å². The van der Waals surface area contributed by atoms with Crippen LogP contribution in [0.2, 0.25) is 0 Å². The molecule has 0 spiro atoms. The Kier molecular flexibility index (Phi) is 8.72. The van der Waals surface area contributed by atoms with E-state index in [-0.39, 0.29) is 22.9 Å². The Morgan fingerprint density at radius 2 is 1.65 bits per heavy atom. The molecule has 0 aromatic carbocycles. The van der Waals surface area contributed by atoms with Crippen LogP contribution >= 0.6 is 0 Å². The van der Waals surface area contributed by atoms with Gasteiger partial charge < -0.3 is 0 Å². The Labute approximate surface area is 165 Å². The first-order valence-corrected chi connectivity index (χ1v) is 7.74. The Bertz CT molecular complexity index is 667. The van der Waals surface area contributed by atoms with Crippen molar-refractivity contribution >= 4 is 11.5 Å². The summed E-state index contributed by atoms with van der Waals surface area (Å²) in [5, 5.41) is 4.04. The van der Waals surface area contributed by atoms with Gasteiger partial charge in [0.2, 0.25) is 5.78 Å². The van der Waals surface area contributed by atoms with Gasteiger partial charge in [0.25, 0.3) is 0 Å². The maximum atomic E-state index is 12.6. The van der Waals surface area contributed by atoms with E-state index in [1.54, 1.807) is 24.4 Å². The van der Waals surface area contributed by atoms with Crippen LogP contribution in [0.5, 0.6) is 0 Å². The summed E-state index contributed by atoms with van der Waals surface area (Å²) in [5.74, 6) is 0.789. The van der Waals surface area contributed by atoms with Gasteiger partial charge in [0, 0.05) is 23.9 Å². The summed E-state index contributed by atoms with van der Waals surface area (Å²) in [6.45, 7) is 0. The number of carbonyl (C=O) groups is 1. The third-order valence-electron chi connectivity index (χ3n) is 3.37. The second-order valence-electron chi connectivity index (χ2n) is 5.12. The Morgan fingerprint density at radius 3 is 2.19 bits per heavy atom. The van der Waals surface area contributed by atoms with Crippen LogP contribution < -0.4 is 0 Å². The second kappa shape index (κ2) is 11.0. The molecule has 26 heavy (non-hydrogen) atoms. The van der Waals surface area contributed by atoms with Crippen LogP contribution in [-0.2, 0) is 17.1 Å². The Balaban J connectivity index is 0.000000351. The maximum Gasteiger partial charge on any atom is 2.00 e. The first kappa shape index (κ1) is 20.5. The van der Waals surface area contributed by atoms with Crippen molar-refractivity contribution in [3.63, 3.8) is 0 Å². The van der Waals surface area contributed by atoms with Gasteiger partial charge in [0.1, 0.15) is 18.4 Å². The van der Waals surface area contributed by atoms with E-state index in [4.69, 9.17) is 0 Å². The van der Waals surface area contributed by atoms with E-state index >= 15 is 0 Å². The molecule has 0 aliphatic heterocycles. The van der Waals surface area contributed by atoms with Gasteiger partial charge in [-0.15, -0.1) is 0 Å². The van der Waals surface area contributed by atoms with Crippen LogP contribution in [0.15, 0.2) is 43.3 Å². The van der Waals surface area contributed by atoms with Crippen molar-refractivity contribution in [2.45, 2.75) is 0 Å². The van der Waals surface area contributed by atoms with Crippen LogP contribution in [0.3, 0.4) is 0 Å². The summed E-state index contributed by atoms with van der Waals surface area (Å²) in [4.78, 5) is 20.4. The van der Waals surface area contributed by atoms with Crippen molar-refractivity contribution in [2.24, 2.45) is 0 Å². The van der Waals surface area contributed by atoms with E-state index in [1.165, 1.54) is 23.5 Å². The quantitative estimate of drug-likeness (QED) is 0.462. The molecule has 0 bridgehead atoms. The molecule has 2 aliphatic carbocycles. The molecule has 4 rings (SSSR count). The molecule has 6 heteroatoms. The number of hydrogen-bond acceptors (Lipinski definition) is 4. The van der Waals surface area contributed by atoms with Gasteiger partial charge in [0.05, 0.1) is 0 Å². The van der Waals surface area contributed by atoms with Crippen LogP contribution in [0.4, 0.5) is 0 Å². The summed E-state index contributed by atoms with van der Waals surface area (Å²) < 4.78 is 1.46. The van der Waals surface area contributed by atoms with Crippen LogP contribution in [0.1, 0.15) is 10.4 Å². The molecule has 0 unspecified atom stereocenters. The van der Waals surface area contributed by atoms with Gasteiger partial charge in [-0.2, -0.15) is 5.10 Å². The zero-order chi connectivity index (χ0) is 17.3. The fourth-order valence-corrected chi connectivity index (χ4v) is 2.18. The molecule has 5 nitrogen and oxygen atoms in total. The number of pyridine rings is 1. The van der Waals surface area contributed by atoms with Gasteiger partial charge >= 0.3 is 17.1 Å². The maximum absolute atomic E-state index is 12.6. The molecule has 2 aromatic heterocycles. The number of allylic oxidation sites excluding steroid dienone is 2. The third-order valence-corrected chi connectivity index (χ3v) is 3.37. The third kappa shape index (κ3) is 5.89. The van der Waals surface area contributed by atoms with E-state index in [2.05, 4.69) is 15.1 Å². The largest absolute Gasteiger partial charge is 2.00 e. The SMILES string of the molecule is O=C(/C(=C/[C]1[CH][CH][CH][CH]1)n1cncn1)c1cccnc1.[CH]1[CH][CH][CH][CH]1.[Fe+2]. The van der Waals surface area contributed by atoms with Crippen molar-refractivity contribution in [3.8, 4) is 0 Å². The fraction of sp³-hybridized carbons (Fsp3) is 0. The summed E-state index contributed by atoms with van der Waals surface area (Å²) in [6, 6.07) is 3.46. The predicted octanol–water partition coefficient (Wildman–Crippen LogP) is 2.82. The molecular formula is C20H16FeN4O+2. The van der Waals surface area contributed by atoms with Crippen molar-refractivity contribution in [1.82, 2.24) is 19.7 Å². The Hall–Kier alpha value is -1.78. The van der Waals surface area contributed by atoms with E-state index in [0.717, 1.165) is 5.92 Å². The predicted molar refractivity (Wildman–Crippen MR) is 94.8 cm³/mol. The molecule has 0 saturated heterocycles. The van der Waals surface area contributed by atoms with Gasteiger partial charge in [-0.1, -0.05) is 0 Å². The van der Waals surface area contributed by atoms with Crippen LogP contribution in [-0.4, -0.2) is 25.5 Å².